The van der Waals surface area contributed by atoms with Crippen LogP contribution in [0.15, 0.2) is 34.3 Å². The van der Waals surface area contributed by atoms with Crippen LogP contribution in [0.4, 0.5) is 11.4 Å². The number of fused-ring (bicyclic) bond motifs is 1. The molecule has 10 nitrogen and oxygen atoms in total. The van der Waals surface area contributed by atoms with Crippen molar-refractivity contribution in [1.82, 2.24) is 4.90 Å². The summed E-state index contributed by atoms with van der Waals surface area (Å²) < 4.78 is 49.7. The predicted molar refractivity (Wildman–Crippen MR) is 146 cm³/mol. The van der Waals surface area contributed by atoms with Crippen LogP contribution in [0.3, 0.4) is 0 Å². The number of anilines is 2. The first-order valence-corrected chi connectivity index (χ1v) is 16.2. The molecule has 1 aromatic rings. The molecule has 1 aromatic carbocycles. The topological polar surface area (TPSA) is 137 Å². The molecule has 12 heteroatoms. The molecular formula is C25H37N4O6PS. The Bertz CT molecular complexity index is 1290. The van der Waals surface area contributed by atoms with E-state index in [-0.39, 0.29) is 52.0 Å². The van der Waals surface area contributed by atoms with Gasteiger partial charge in [0.15, 0.2) is 5.84 Å². The van der Waals surface area contributed by atoms with Crippen molar-refractivity contribution in [2.75, 3.05) is 29.4 Å². The van der Waals surface area contributed by atoms with Crippen LogP contribution in [0.5, 0.6) is 0 Å². The van der Waals surface area contributed by atoms with E-state index < -0.39 is 23.6 Å². The minimum atomic E-state index is -3.89. The Morgan fingerprint density at radius 2 is 1.95 bits per heavy atom. The maximum absolute atomic E-state index is 14.0. The molecule has 0 bridgehead atoms. The summed E-state index contributed by atoms with van der Waals surface area (Å²) in [5.41, 5.74) is 0.616. The van der Waals surface area contributed by atoms with Crippen LogP contribution in [0, 0.1) is 11.3 Å². The number of carbonyl (C=O) groups is 1. The molecule has 0 aromatic heterocycles. The number of hydrogen-bond donors (Lipinski definition) is 3. The third-order valence-corrected chi connectivity index (χ3v) is 9.58. The highest BCUT2D eigenvalue weighted by molar-refractivity contribution is 7.92. The number of amidine groups is 1. The fourth-order valence-corrected chi connectivity index (χ4v) is 7.58. The van der Waals surface area contributed by atoms with Gasteiger partial charge in [-0.2, -0.15) is 4.76 Å². The second-order valence-corrected chi connectivity index (χ2v) is 14.9. The zero-order valence-electron chi connectivity index (χ0n) is 22.1. The Kier molecular flexibility index (Phi) is 7.53. The lowest BCUT2D eigenvalue weighted by molar-refractivity contribution is -0.127. The van der Waals surface area contributed by atoms with Crippen molar-refractivity contribution in [3.05, 3.63) is 29.5 Å². The van der Waals surface area contributed by atoms with Crippen molar-refractivity contribution < 1.29 is 27.4 Å². The van der Waals surface area contributed by atoms with Crippen molar-refractivity contribution in [1.29, 1.82) is 0 Å². The van der Waals surface area contributed by atoms with Crippen LogP contribution in [-0.4, -0.2) is 55.6 Å². The van der Waals surface area contributed by atoms with E-state index in [0.717, 1.165) is 38.4 Å². The van der Waals surface area contributed by atoms with Crippen molar-refractivity contribution in [3.63, 3.8) is 0 Å². The molecule has 37 heavy (non-hydrogen) atoms. The van der Waals surface area contributed by atoms with E-state index >= 15 is 0 Å². The molecule has 0 spiro atoms. The zero-order chi connectivity index (χ0) is 27.2. The predicted octanol–water partition coefficient (Wildman–Crippen LogP) is 4.39. The first kappa shape index (κ1) is 27.7. The number of aliphatic hydroxyl groups excluding tert-OH is 1. The van der Waals surface area contributed by atoms with Gasteiger partial charge in [-0.1, -0.05) is 33.6 Å². The number of sulfonamides is 1. The van der Waals surface area contributed by atoms with Gasteiger partial charge in [0.25, 0.3) is 5.91 Å². The lowest BCUT2D eigenvalue weighted by Gasteiger charge is -2.32. The molecule has 2 heterocycles. The monoisotopic (exact) mass is 552 g/mol. The van der Waals surface area contributed by atoms with E-state index in [1.165, 1.54) is 12.1 Å². The molecular weight excluding hydrogens is 515 g/mol. The molecule has 3 N–H and O–H groups in total. The number of nitrogens with one attached hydrogen (secondary N) is 2. The first-order chi connectivity index (χ1) is 17.2. The lowest BCUT2D eigenvalue weighted by atomic mass is 9.91. The van der Waals surface area contributed by atoms with Gasteiger partial charge in [-0.05, 0) is 55.7 Å². The fourth-order valence-electron chi connectivity index (χ4n) is 5.22. The molecule has 1 fully saturated rings. The van der Waals surface area contributed by atoms with Gasteiger partial charge >= 0.3 is 7.52 Å². The average Bonchev–Trinajstić information content (AvgIpc) is 3.37. The first-order valence-electron chi connectivity index (χ1n) is 12.7. The van der Waals surface area contributed by atoms with Gasteiger partial charge in [0, 0.05) is 12.2 Å². The van der Waals surface area contributed by atoms with Gasteiger partial charge in [-0.15, -0.1) is 0 Å². The molecule has 2 atom stereocenters. The van der Waals surface area contributed by atoms with Crippen molar-refractivity contribution in [2.24, 2.45) is 16.1 Å². The summed E-state index contributed by atoms with van der Waals surface area (Å²) in [6.07, 6.45) is 5.76. The Hall–Kier alpha value is -2.36. The molecule has 3 aliphatic rings. The Labute approximate surface area is 219 Å². The number of hydrogen-bond acceptors (Lipinski definition) is 7. The number of carbonyl (C=O) groups excluding carboxylic acids is 1. The second kappa shape index (κ2) is 10.1. The summed E-state index contributed by atoms with van der Waals surface area (Å²) in [7, 11) is -7.45. The molecule has 0 radical (unpaired) electrons. The number of benzene rings is 1. The van der Waals surface area contributed by atoms with Gasteiger partial charge in [-0.3, -0.25) is 14.1 Å². The van der Waals surface area contributed by atoms with Crippen LogP contribution in [-0.2, 0) is 23.9 Å². The van der Waals surface area contributed by atoms with Crippen LogP contribution in [0.2, 0.25) is 0 Å². The van der Waals surface area contributed by atoms with E-state index in [1.54, 1.807) is 17.9 Å². The number of amides is 1. The number of rotatable bonds is 8. The molecule has 4 rings (SSSR count). The molecule has 1 amide bonds. The summed E-state index contributed by atoms with van der Waals surface area (Å²) in [6.45, 7) is 8.59. The van der Waals surface area contributed by atoms with Crippen molar-refractivity contribution >= 4 is 46.0 Å². The molecule has 1 saturated carbocycles. The molecule has 0 saturated heterocycles. The fraction of sp³-hybridized carbons (Fsp3) is 0.600. The quantitative estimate of drug-likeness (QED) is 0.407. The average molecular weight is 553 g/mol. The van der Waals surface area contributed by atoms with E-state index in [1.807, 2.05) is 0 Å². The second-order valence-electron chi connectivity index (χ2n) is 11.2. The number of aliphatic hydroxyl groups is 1. The summed E-state index contributed by atoms with van der Waals surface area (Å²) >= 11 is 0. The Morgan fingerprint density at radius 1 is 1.27 bits per heavy atom. The maximum atomic E-state index is 14.0. The SMILES string of the molecule is CCOP1(=O)N=C(C2=C(O)C(C3CCCC3)N(CCC(C)(C)C)C2=O)Nc2ccc(NS(C)(=O)=O)cc21. The Morgan fingerprint density at radius 3 is 2.54 bits per heavy atom. The van der Waals surface area contributed by atoms with E-state index in [4.69, 9.17) is 4.52 Å². The highest BCUT2D eigenvalue weighted by Crippen LogP contribution is 2.53. The molecule has 2 unspecified atom stereocenters. The van der Waals surface area contributed by atoms with Gasteiger partial charge in [-0.25, -0.2) is 8.42 Å². The normalized spacial score (nSPS) is 24.8. The Balaban J connectivity index is 1.76. The van der Waals surface area contributed by atoms with Crippen LogP contribution in [0.25, 0.3) is 0 Å². The third kappa shape index (κ3) is 5.89. The maximum Gasteiger partial charge on any atom is 0.348 e. The van der Waals surface area contributed by atoms with Crippen molar-refractivity contribution in [3.8, 4) is 0 Å². The molecule has 204 valence electrons. The minimum Gasteiger partial charge on any atom is -0.509 e. The standard InChI is InChI=1S/C25H37N4O6PS/c1-6-35-36(32)19-15-17(28-37(5,33)34)11-12-18(19)26-23(27-36)20-22(30)21(16-9-7-8-10-16)29(24(20)31)14-13-25(2,3)4/h11-12,15-16,21,28,30H,6-10,13-14H2,1-5H3,(H,26,27,32). The highest BCUT2D eigenvalue weighted by Gasteiger charge is 2.47. The highest BCUT2D eigenvalue weighted by atomic mass is 32.2. The van der Waals surface area contributed by atoms with Gasteiger partial charge in [0.2, 0.25) is 10.0 Å². The van der Waals surface area contributed by atoms with E-state index in [2.05, 4.69) is 35.6 Å². The minimum absolute atomic E-state index is 0.000800. The van der Waals surface area contributed by atoms with Crippen LogP contribution >= 0.6 is 7.52 Å². The van der Waals surface area contributed by atoms with Gasteiger partial charge in [0.05, 0.1) is 29.9 Å². The number of nitrogens with zero attached hydrogens (tertiary/aromatic N) is 2. The largest absolute Gasteiger partial charge is 0.509 e. The van der Waals surface area contributed by atoms with Gasteiger partial charge < -0.3 is 19.8 Å². The van der Waals surface area contributed by atoms with Crippen LogP contribution in [0.1, 0.15) is 59.8 Å². The summed E-state index contributed by atoms with van der Waals surface area (Å²) in [5, 5.41) is 14.7. The third-order valence-electron chi connectivity index (χ3n) is 6.93. The van der Waals surface area contributed by atoms with Crippen LogP contribution < -0.4 is 15.3 Å². The van der Waals surface area contributed by atoms with Gasteiger partial charge in [0.1, 0.15) is 11.3 Å². The van der Waals surface area contributed by atoms with E-state index in [0.29, 0.717) is 12.2 Å². The smallest absolute Gasteiger partial charge is 0.348 e. The summed E-state index contributed by atoms with van der Waals surface area (Å²) in [5.74, 6) is -0.219. The van der Waals surface area contributed by atoms with Crippen molar-refractivity contribution in [2.45, 2.75) is 65.8 Å². The molecule has 2 aliphatic heterocycles. The summed E-state index contributed by atoms with van der Waals surface area (Å²) in [6, 6.07) is 4.06. The zero-order valence-corrected chi connectivity index (χ0v) is 23.8. The lowest BCUT2D eigenvalue weighted by Crippen LogP contribution is -2.42. The summed E-state index contributed by atoms with van der Waals surface area (Å²) in [4.78, 5) is 15.5. The van der Waals surface area contributed by atoms with E-state index in [9.17, 15) is 22.9 Å². The molecule has 1 aliphatic carbocycles.